The minimum Gasteiger partial charge on any atom is -0.496 e. The summed E-state index contributed by atoms with van der Waals surface area (Å²) in [7, 11) is -0.656. The second kappa shape index (κ2) is 7.99. The molecule has 1 aromatic carbocycles. The highest BCUT2D eigenvalue weighted by Gasteiger charge is 2.18. The van der Waals surface area contributed by atoms with Crippen LogP contribution in [0.1, 0.15) is 31.4 Å². The van der Waals surface area contributed by atoms with Crippen molar-refractivity contribution in [2.45, 2.75) is 25.8 Å². The maximum Gasteiger partial charge on any atom is 0.305 e. The maximum atomic E-state index is 12.0. The molecule has 0 aromatic heterocycles. The van der Waals surface area contributed by atoms with E-state index in [0.29, 0.717) is 5.75 Å². The molecule has 0 aliphatic carbocycles. The fourth-order valence-corrected chi connectivity index (χ4v) is 3.23. The van der Waals surface area contributed by atoms with E-state index in [2.05, 4.69) is 9.46 Å². The van der Waals surface area contributed by atoms with Crippen LogP contribution in [-0.4, -0.2) is 34.4 Å². The monoisotopic (exact) mass is 315 g/mol. The van der Waals surface area contributed by atoms with Crippen LogP contribution in [-0.2, 0) is 19.6 Å². The lowest BCUT2D eigenvalue weighted by Gasteiger charge is -2.17. The van der Waals surface area contributed by atoms with E-state index < -0.39 is 22.0 Å². The quantitative estimate of drug-likeness (QED) is 0.737. The molecule has 6 nitrogen and oxygen atoms in total. The summed E-state index contributed by atoms with van der Waals surface area (Å²) in [5.74, 6) is 0.0898. The first-order valence-electron chi connectivity index (χ1n) is 6.59. The molecule has 118 valence electrons. The van der Waals surface area contributed by atoms with Crippen molar-refractivity contribution in [3.63, 3.8) is 0 Å². The van der Waals surface area contributed by atoms with Crippen LogP contribution in [0.25, 0.3) is 0 Å². The van der Waals surface area contributed by atoms with Crippen LogP contribution in [0, 0.1) is 0 Å². The van der Waals surface area contributed by atoms with Gasteiger partial charge in [0.1, 0.15) is 5.75 Å². The normalized spacial score (nSPS) is 12.7. The lowest BCUT2D eigenvalue weighted by molar-refractivity contribution is -0.140. The van der Waals surface area contributed by atoms with Crippen LogP contribution >= 0.6 is 0 Å². The molecule has 0 aliphatic rings. The highest BCUT2D eigenvalue weighted by atomic mass is 32.2. The van der Waals surface area contributed by atoms with Crippen LogP contribution in [0.15, 0.2) is 24.3 Å². The molecule has 0 aliphatic heterocycles. The molecule has 1 N–H and O–H groups in total. The fourth-order valence-electron chi connectivity index (χ4n) is 1.92. The van der Waals surface area contributed by atoms with Gasteiger partial charge in [-0.15, -0.1) is 0 Å². The van der Waals surface area contributed by atoms with Gasteiger partial charge in [-0.05, 0) is 19.4 Å². The Kier molecular flexibility index (Phi) is 6.64. The van der Waals surface area contributed by atoms with E-state index in [-0.39, 0.29) is 18.6 Å². The minimum absolute atomic E-state index is 0.0838. The summed E-state index contributed by atoms with van der Waals surface area (Å²) in [5.41, 5.74) is 0.761. The van der Waals surface area contributed by atoms with E-state index in [1.165, 1.54) is 14.2 Å². The highest BCUT2D eigenvalue weighted by Crippen LogP contribution is 2.24. The van der Waals surface area contributed by atoms with Crippen molar-refractivity contribution in [1.82, 2.24) is 4.72 Å². The Morgan fingerprint density at radius 3 is 2.57 bits per heavy atom. The van der Waals surface area contributed by atoms with Gasteiger partial charge in [0.2, 0.25) is 10.0 Å². The molecule has 1 rings (SSSR count). The van der Waals surface area contributed by atoms with Gasteiger partial charge in [-0.1, -0.05) is 18.2 Å². The Labute approximate surface area is 125 Å². The molecule has 1 atom stereocenters. The predicted octanol–water partition coefficient (Wildman–Crippen LogP) is 1.63. The highest BCUT2D eigenvalue weighted by molar-refractivity contribution is 7.89. The van der Waals surface area contributed by atoms with Gasteiger partial charge in [0, 0.05) is 18.0 Å². The number of methoxy groups -OCH3 is 2. The summed E-state index contributed by atoms with van der Waals surface area (Å²) >= 11 is 0. The lowest BCUT2D eigenvalue weighted by atomic mass is 10.1. The summed E-state index contributed by atoms with van der Waals surface area (Å²) in [6, 6.07) is 6.81. The van der Waals surface area contributed by atoms with Gasteiger partial charge in [-0.3, -0.25) is 4.79 Å². The van der Waals surface area contributed by atoms with E-state index >= 15 is 0 Å². The number of carbonyl (C=O) groups is 1. The molecule has 0 heterocycles. The number of benzene rings is 1. The first-order valence-corrected chi connectivity index (χ1v) is 8.24. The summed E-state index contributed by atoms with van der Waals surface area (Å²) in [6.45, 7) is 1.75. The molecular weight excluding hydrogens is 294 g/mol. The number of hydrogen-bond acceptors (Lipinski definition) is 5. The van der Waals surface area contributed by atoms with Crippen LogP contribution in [0.4, 0.5) is 0 Å². The second-order valence-corrected chi connectivity index (χ2v) is 6.45. The lowest BCUT2D eigenvalue weighted by Crippen LogP contribution is -2.29. The maximum absolute atomic E-state index is 12.0. The Bertz CT molecular complexity index is 570. The Hall–Kier alpha value is -1.60. The van der Waals surface area contributed by atoms with E-state index in [4.69, 9.17) is 4.74 Å². The van der Waals surface area contributed by atoms with E-state index in [9.17, 15) is 13.2 Å². The number of rotatable bonds is 8. The molecule has 1 unspecified atom stereocenters. The van der Waals surface area contributed by atoms with Gasteiger partial charge in [0.15, 0.2) is 0 Å². The average molecular weight is 315 g/mol. The standard InChI is InChI=1S/C14H21NO5S/c1-11(12-7-4-5-8-13(12)19-2)15-21(17,18)10-6-9-14(16)20-3/h4-5,7-8,11,15H,6,9-10H2,1-3H3. The van der Waals surface area contributed by atoms with Crippen LogP contribution < -0.4 is 9.46 Å². The molecule has 0 bridgehead atoms. The largest absolute Gasteiger partial charge is 0.496 e. The molecule has 7 heteroatoms. The summed E-state index contributed by atoms with van der Waals surface area (Å²) < 4.78 is 36.2. The van der Waals surface area contributed by atoms with Crippen LogP contribution in [0.3, 0.4) is 0 Å². The molecule has 0 saturated carbocycles. The number of sulfonamides is 1. The second-order valence-electron chi connectivity index (χ2n) is 4.58. The van der Waals surface area contributed by atoms with Gasteiger partial charge in [-0.2, -0.15) is 0 Å². The molecule has 0 amide bonds. The topological polar surface area (TPSA) is 81.7 Å². The third-order valence-electron chi connectivity index (χ3n) is 2.98. The summed E-state index contributed by atoms with van der Waals surface area (Å²) in [5, 5.41) is 0. The van der Waals surface area contributed by atoms with Gasteiger partial charge in [0.05, 0.1) is 20.0 Å². The molecule has 0 saturated heterocycles. The summed E-state index contributed by atoms with van der Waals surface area (Å²) in [4.78, 5) is 11.0. The smallest absolute Gasteiger partial charge is 0.305 e. The van der Waals surface area contributed by atoms with Crippen molar-refractivity contribution in [2.24, 2.45) is 0 Å². The first-order chi connectivity index (χ1) is 9.89. The Morgan fingerprint density at radius 2 is 1.95 bits per heavy atom. The minimum atomic E-state index is -3.47. The van der Waals surface area contributed by atoms with Crippen LogP contribution in [0.5, 0.6) is 5.75 Å². The Balaban J connectivity index is 2.64. The van der Waals surface area contributed by atoms with Crippen molar-refractivity contribution >= 4 is 16.0 Å². The van der Waals surface area contributed by atoms with Crippen molar-refractivity contribution in [2.75, 3.05) is 20.0 Å². The number of carbonyl (C=O) groups excluding carboxylic acids is 1. The zero-order valence-electron chi connectivity index (χ0n) is 12.5. The van der Waals surface area contributed by atoms with Crippen LogP contribution in [0.2, 0.25) is 0 Å². The third kappa shape index (κ3) is 5.73. The first kappa shape index (κ1) is 17.5. The van der Waals surface area contributed by atoms with E-state index in [1.807, 2.05) is 12.1 Å². The number of esters is 1. The molecule has 0 fully saturated rings. The summed E-state index contributed by atoms with van der Waals surface area (Å²) in [6.07, 6.45) is 0.307. The van der Waals surface area contributed by atoms with Gasteiger partial charge < -0.3 is 9.47 Å². The third-order valence-corrected chi connectivity index (χ3v) is 4.52. The zero-order chi connectivity index (χ0) is 15.9. The van der Waals surface area contributed by atoms with Crippen molar-refractivity contribution in [3.05, 3.63) is 29.8 Å². The predicted molar refractivity (Wildman–Crippen MR) is 79.6 cm³/mol. The average Bonchev–Trinajstić information content (AvgIpc) is 2.46. The van der Waals surface area contributed by atoms with Gasteiger partial charge in [-0.25, -0.2) is 13.1 Å². The molecular formula is C14H21NO5S. The molecule has 21 heavy (non-hydrogen) atoms. The van der Waals surface area contributed by atoms with Crippen molar-refractivity contribution < 1.29 is 22.7 Å². The van der Waals surface area contributed by atoms with E-state index in [1.54, 1.807) is 19.1 Å². The molecule has 1 aromatic rings. The zero-order valence-corrected chi connectivity index (χ0v) is 13.3. The number of ether oxygens (including phenoxy) is 2. The number of para-hydroxylation sites is 1. The van der Waals surface area contributed by atoms with Crippen molar-refractivity contribution in [1.29, 1.82) is 0 Å². The van der Waals surface area contributed by atoms with Crippen molar-refractivity contribution in [3.8, 4) is 5.75 Å². The van der Waals surface area contributed by atoms with Gasteiger partial charge >= 0.3 is 5.97 Å². The Morgan fingerprint density at radius 1 is 1.29 bits per heavy atom. The number of hydrogen-bond donors (Lipinski definition) is 1. The molecule has 0 spiro atoms. The molecule has 0 radical (unpaired) electrons. The SMILES string of the molecule is COC(=O)CCCS(=O)(=O)NC(C)c1ccccc1OC. The number of nitrogens with one attached hydrogen (secondary N) is 1. The van der Waals surface area contributed by atoms with Gasteiger partial charge in [0.25, 0.3) is 0 Å². The van der Waals surface area contributed by atoms with E-state index in [0.717, 1.165) is 5.56 Å². The fraction of sp³-hybridized carbons (Fsp3) is 0.500.